The number of fused-ring (bicyclic) bond motifs is 1. The standard InChI is InChI=1S/C22H23Cl2N7/c1-14(15-2-3-15)10-30-19(11-29-6-7-31-21(12-29)26-13-27-31)22(28-20(30)9-25)17-5-4-16(23)8-18(17)24/h4-5,8-10,13,15,25H,2-3,6-7,11-12H2,1H3. The van der Waals surface area contributed by atoms with Crippen molar-refractivity contribution in [3.8, 4) is 11.3 Å². The third kappa shape index (κ3) is 4.05. The topological polar surface area (TPSA) is 75.6 Å². The Balaban J connectivity index is 1.59. The second-order valence-corrected chi connectivity index (χ2v) is 9.00. The van der Waals surface area contributed by atoms with Crippen LogP contribution in [0.2, 0.25) is 10.0 Å². The lowest BCUT2D eigenvalue weighted by atomic mass is 10.1. The third-order valence-electron chi connectivity index (χ3n) is 5.97. The minimum absolute atomic E-state index is 0.552. The number of halogens is 2. The number of nitrogens with zero attached hydrogens (tertiary/aromatic N) is 6. The summed E-state index contributed by atoms with van der Waals surface area (Å²) in [6.07, 6.45) is 7.51. The van der Waals surface area contributed by atoms with Gasteiger partial charge in [-0.05, 0) is 43.9 Å². The third-order valence-corrected chi connectivity index (χ3v) is 6.52. The van der Waals surface area contributed by atoms with E-state index in [0.717, 1.165) is 35.9 Å². The second kappa shape index (κ2) is 8.22. The zero-order valence-electron chi connectivity index (χ0n) is 17.2. The Morgan fingerprint density at radius 2 is 2.10 bits per heavy atom. The molecule has 1 fully saturated rings. The highest BCUT2D eigenvalue weighted by Gasteiger charge is 2.26. The molecule has 1 aromatic carbocycles. The summed E-state index contributed by atoms with van der Waals surface area (Å²) in [6, 6.07) is 5.46. The molecule has 1 aliphatic carbocycles. The Morgan fingerprint density at radius 3 is 2.84 bits per heavy atom. The van der Waals surface area contributed by atoms with Crippen LogP contribution in [-0.2, 0) is 19.6 Å². The molecule has 160 valence electrons. The van der Waals surface area contributed by atoms with Crippen molar-refractivity contribution in [3.63, 3.8) is 0 Å². The molecule has 1 saturated carbocycles. The molecule has 0 saturated heterocycles. The molecule has 5 rings (SSSR count). The zero-order chi connectivity index (χ0) is 21.5. The van der Waals surface area contributed by atoms with Crippen LogP contribution in [0.15, 0.2) is 30.1 Å². The lowest BCUT2D eigenvalue weighted by Crippen LogP contribution is -2.34. The van der Waals surface area contributed by atoms with E-state index in [1.54, 1.807) is 12.4 Å². The van der Waals surface area contributed by atoms with Crippen molar-refractivity contribution < 1.29 is 0 Å². The van der Waals surface area contributed by atoms with Crippen LogP contribution < -0.4 is 0 Å². The maximum atomic E-state index is 7.98. The molecule has 0 bridgehead atoms. The van der Waals surface area contributed by atoms with Crippen LogP contribution >= 0.6 is 23.2 Å². The van der Waals surface area contributed by atoms with Gasteiger partial charge in [0.1, 0.15) is 12.2 Å². The van der Waals surface area contributed by atoms with Gasteiger partial charge in [0.25, 0.3) is 0 Å². The Labute approximate surface area is 190 Å². The van der Waals surface area contributed by atoms with E-state index in [0.29, 0.717) is 34.9 Å². The molecule has 0 unspecified atom stereocenters. The number of allylic oxidation sites excluding steroid dienone is 1. The van der Waals surface area contributed by atoms with Gasteiger partial charge in [0, 0.05) is 29.9 Å². The summed E-state index contributed by atoms with van der Waals surface area (Å²) in [4.78, 5) is 11.5. The number of aromatic nitrogens is 5. The molecule has 0 spiro atoms. The largest absolute Gasteiger partial charge is 0.305 e. The molecule has 3 heterocycles. The maximum Gasteiger partial charge on any atom is 0.155 e. The number of rotatable bonds is 6. The summed E-state index contributed by atoms with van der Waals surface area (Å²) in [5.41, 5.74) is 3.93. The van der Waals surface area contributed by atoms with Crippen molar-refractivity contribution in [3.05, 3.63) is 57.5 Å². The molecule has 7 nitrogen and oxygen atoms in total. The minimum Gasteiger partial charge on any atom is -0.305 e. The minimum atomic E-state index is 0.552. The summed E-state index contributed by atoms with van der Waals surface area (Å²) >= 11 is 12.7. The fraction of sp³-hybridized carbons (Fsp3) is 0.364. The zero-order valence-corrected chi connectivity index (χ0v) is 18.7. The molecular formula is C22H23Cl2N7. The molecule has 31 heavy (non-hydrogen) atoms. The maximum absolute atomic E-state index is 7.98. The molecule has 0 amide bonds. The summed E-state index contributed by atoms with van der Waals surface area (Å²) in [7, 11) is 0. The van der Waals surface area contributed by atoms with Crippen LogP contribution in [0.4, 0.5) is 0 Å². The monoisotopic (exact) mass is 455 g/mol. The number of hydrogen-bond donors (Lipinski definition) is 1. The molecule has 2 aromatic heterocycles. The SMILES string of the molecule is CC(=Cn1c(C=N)nc(-c2ccc(Cl)cc2Cl)c1CN1CCn2ncnc2C1)C1CC1. The fourth-order valence-corrected chi connectivity index (χ4v) is 4.58. The predicted octanol–water partition coefficient (Wildman–Crippen LogP) is 4.73. The van der Waals surface area contributed by atoms with E-state index < -0.39 is 0 Å². The van der Waals surface area contributed by atoms with Crippen LogP contribution in [0.5, 0.6) is 0 Å². The van der Waals surface area contributed by atoms with Gasteiger partial charge in [-0.3, -0.25) is 4.90 Å². The summed E-state index contributed by atoms with van der Waals surface area (Å²) in [5.74, 6) is 2.18. The van der Waals surface area contributed by atoms with Crippen molar-refractivity contribution in [2.45, 2.75) is 39.4 Å². The molecule has 1 aliphatic heterocycles. The van der Waals surface area contributed by atoms with E-state index in [-0.39, 0.29) is 0 Å². The lowest BCUT2D eigenvalue weighted by molar-refractivity contribution is 0.199. The number of hydrogen-bond acceptors (Lipinski definition) is 5. The van der Waals surface area contributed by atoms with Gasteiger partial charge in [0.15, 0.2) is 5.82 Å². The van der Waals surface area contributed by atoms with E-state index in [1.807, 2.05) is 16.8 Å². The highest BCUT2D eigenvalue weighted by molar-refractivity contribution is 6.36. The highest BCUT2D eigenvalue weighted by Crippen LogP contribution is 2.38. The lowest BCUT2D eigenvalue weighted by Gasteiger charge is -2.27. The molecule has 3 aromatic rings. The first-order chi connectivity index (χ1) is 15.0. The van der Waals surface area contributed by atoms with Crippen LogP contribution in [0, 0.1) is 11.3 Å². The van der Waals surface area contributed by atoms with Crippen LogP contribution in [-0.4, -0.2) is 42.0 Å². The first-order valence-corrected chi connectivity index (χ1v) is 11.1. The second-order valence-electron chi connectivity index (χ2n) is 8.16. The van der Waals surface area contributed by atoms with Crippen molar-refractivity contribution in [2.24, 2.45) is 5.92 Å². The van der Waals surface area contributed by atoms with E-state index in [2.05, 4.69) is 32.7 Å². The summed E-state index contributed by atoms with van der Waals surface area (Å²) in [6.45, 7) is 5.20. The van der Waals surface area contributed by atoms with E-state index >= 15 is 0 Å². The quantitative estimate of drug-likeness (QED) is 0.544. The fourth-order valence-electron chi connectivity index (χ4n) is 4.09. The van der Waals surface area contributed by atoms with Gasteiger partial charge in [-0.2, -0.15) is 5.10 Å². The van der Waals surface area contributed by atoms with E-state index in [4.69, 9.17) is 33.6 Å². The summed E-state index contributed by atoms with van der Waals surface area (Å²) < 4.78 is 4.01. The van der Waals surface area contributed by atoms with E-state index in [9.17, 15) is 0 Å². The highest BCUT2D eigenvalue weighted by atomic mass is 35.5. The van der Waals surface area contributed by atoms with Gasteiger partial charge >= 0.3 is 0 Å². The summed E-state index contributed by atoms with van der Waals surface area (Å²) in [5, 5.41) is 13.4. The number of nitrogens with one attached hydrogen (secondary N) is 1. The molecule has 9 heteroatoms. The predicted molar refractivity (Wildman–Crippen MR) is 122 cm³/mol. The Morgan fingerprint density at radius 1 is 1.26 bits per heavy atom. The molecule has 0 atom stereocenters. The average molecular weight is 456 g/mol. The Kier molecular flexibility index (Phi) is 5.42. The van der Waals surface area contributed by atoms with Gasteiger partial charge in [-0.25, -0.2) is 14.6 Å². The number of imidazole rings is 1. The van der Waals surface area contributed by atoms with Gasteiger partial charge in [0.2, 0.25) is 0 Å². The molecule has 2 aliphatic rings. The van der Waals surface area contributed by atoms with Crippen molar-refractivity contribution >= 4 is 35.6 Å². The molecule has 1 N–H and O–H groups in total. The number of benzene rings is 1. The van der Waals surface area contributed by atoms with Gasteiger partial charge in [-0.1, -0.05) is 28.8 Å². The van der Waals surface area contributed by atoms with Gasteiger partial charge < -0.3 is 9.98 Å². The Bertz CT molecular complexity index is 1170. The molecule has 0 radical (unpaired) electrons. The van der Waals surface area contributed by atoms with Crippen LogP contribution in [0.3, 0.4) is 0 Å². The smallest absolute Gasteiger partial charge is 0.155 e. The van der Waals surface area contributed by atoms with Crippen molar-refractivity contribution in [2.75, 3.05) is 6.54 Å². The van der Waals surface area contributed by atoms with Gasteiger partial charge in [0.05, 0.1) is 35.7 Å². The van der Waals surface area contributed by atoms with E-state index in [1.165, 1.54) is 24.6 Å². The first-order valence-electron chi connectivity index (χ1n) is 10.4. The van der Waals surface area contributed by atoms with Crippen LogP contribution in [0.1, 0.15) is 37.1 Å². The van der Waals surface area contributed by atoms with Crippen LogP contribution in [0.25, 0.3) is 17.5 Å². The van der Waals surface area contributed by atoms with Gasteiger partial charge in [-0.15, -0.1) is 0 Å². The van der Waals surface area contributed by atoms with Crippen molar-refractivity contribution in [1.82, 2.24) is 29.2 Å². The normalized spacial score (nSPS) is 17.1. The first kappa shape index (κ1) is 20.4. The van der Waals surface area contributed by atoms with Crippen molar-refractivity contribution in [1.29, 1.82) is 5.41 Å². The molecular weight excluding hydrogens is 433 g/mol. The average Bonchev–Trinajstić information content (AvgIpc) is 3.42. The Hall–Kier alpha value is -2.48.